The third-order valence-electron chi connectivity index (χ3n) is 7.87. The maximum atomic E-state index is 9.47. The molecule has 6 atom stereocenters. The summed E-state index contributed by atoms with van der Waals surface area (Å²) in [6, 6.07) is 2.79. The van der Waals surface area contributed by atoms with Gasteiger partial charge in [0.2, 0.25) is 18.4 Å². The molecule has 0 radical (unpaired) electrons. The van der Waals surface area contributed by atoms with Gasteiger partial charge in [0.15, 0.2) is 11.5 Å². The van der Waals surface area contributed by atoms with Gasteiger partial charge in [0.05, 0.1) is 31.4 Å². The van der Waals surface area contributed by atoms with Crippen LogP contribution in [0.4, 0.5) is 5.69 Å². The van der Waals surface area contributed by atoms with E-state index in [1.807, 2.05) is 12.1 Å². The van der Waals surface area contributed by atoms with Crippen LogP contribution >= 0.6 is 0 Å². The van der Waals surface area contributed by atoms with E-state index in [0.29, 0.717) is 42.0 Å². The van der Waals surface area contributed by atoms with Crippen LogP contribution in [0.2, 0.25) is 0 Å². The van der Waals surface area contributed by atoms with Gasteiger partial charge in [-0.3, -0.25) is 4.90 Å². The van der Waals surface area contributed by atoms with Gasteiger partial charge in [-0.05, 0) is 18.8 Å². The van der Waals surface area contributed by atoms with E-state index in [1.54, 1.807) is 7.11 Å². The summed E-state index contributed by atoms with van der Waals surface area (Å²) >= 11 is 0. The van der Waals surface area contributed by atoms with Gasteiger partial charge >= 0.3 is 0 Å². The highest BCUT2D eigenvalue weighted by atomic mass is 16.7. The molecule has 1 N–H and O–H groups in total. The first kappa shape index (κ1) is 15.6. The van der Waals surface area contributed by atoms with E-state index in [9.17, 15) is 5.11 Å². The van der Waals surface area contributed by atoms with E-state index in [4.69, 9.17) is 23.9 Å². The van der Waals surface area contributed by atoms with Gasteiger partial charge in [-0.15, -0.1) is 0 Å². The Morgan fingerprint density at radius 3 is 3.18 bits per heavy atom. The molecule has 8 rings (SSSR count). The van der Waals surface area contributed by atoms with Crippen molar-refractivity contribution in [3.8, 4) is 17.2 Å². The molecule has 7 heteroatoms. The number of hydrogen-bond acceptors (Lipinski definition) is 7. The Balaban J connectivity index is 1.45. The smallest absolute Gasteiger partial charge is 0.231 e. The predicted octanol–water partition coefficient (Wildman–Crippen LogP) is 1.75. The summed E-state index contributed by atoms with van der Waals surface area (Å²) in [6.07, 6.45) is 4.09. The van der Waals surface area contributed by atoms with E-state index >= 15 is 0 Å². The summed E-state index contributed by atoms with van der Waals surface area (Å²) in [5, 5.41) is 9.47. The molecule has 0 aromatic heterocycles. The molecule has 0 aliphatic carbocycles. The number of piperidine rings is 3. The Morgan fingerprint density at radius 1 is 1.39 bits per heavy atom. The number of ether oxygens (including phenoxy) is 4. The summed E-state index contributed by atoms with van der Waals surface area (Å²) in [6.45, 7) is 1.95. The first-order chi connectivity index (χ1) is 13.8. The van der Waals surface area contributed by atoms with Gasteiger partial charge in [0.1, 0.15) is 0 Å². The molecule has 7 aliphatic heterocycles. The number of aliphatic hydroxyl groups is 1. The highest BCUT2D eigenvalue weighted by molar-refractivity contribution is 6.00. The standard InChI is InChI=1S/C21H22N2O5/c1-25-19-17-13(5-15-18(19)28-9-27-15)22-20-21(17)6-14-12(8-26-20)11-4-16(21)23(14)7-10(11)2-3-24/h2,5,11-12,14,16,24H,3-4,6-9H2,1H3/b10-2+/t11-,12?,14+,16+,21-/m1/s1. The van der Waals surface area contributed by atoms with Crippen LogP contribution in [0.25, 0.3) is 0 Å². The molecule has 28 heavy (non-hydrogen) atoms. The molecule has 1 aromatic rings. The molecule has 5 bridgehead atoms. The lowest BCUT2D eigenvalue weighted by Gasteiger charge is -2.54. The monoisotopic (exact) mass is 382 g/mol. The molecule has 7 nitrogen and oxygen atoms in total. The molecule has 1 aromatic carbocycles. The van der Waals surface area contributed by atoms with Crippen LogP contribution in [-0.4, -0.2) is 61.6 Å². The number of aliphatic hydroxyl groups excluding tert-OH is 1. The lowest BCUT2D eigenvalue weighted by atomic mass is 9.68. The van der Waals surface area contributed by atoms with Crippen molar-refractivity contribution in [2.75, 3.05) is 33.7 Å². The predicted molar refractivity (Wildman–Crippen MR) is 99.5 cm³/mol. The Labute approximate surface area is 162 Å². The Kier molecular flexibility index (Phi) is 2.80. The van der Waals surface area contributed by atoms with E-state index in [-0.39, 0.29) is 18.8 Å². The molecule has 1 spiro atoms. The summed E-state index contributed by atoms with van der Waals surface area (Å²) in [5.74, 6) is 3.92. The van der Waals surface area contributed by atoms with E-state index in [0.717, 1.165) is 42.3 Å². The molecule has 0 saturated carbocycles. The second-order valence-electron chi connectivity index (χ2n) is 8.66. The molecule has 7 heterocycles. The Hall–Kier alpha value is -2.25. The zero-order valence-corrected chi connectivity index (χ0v) is 15.7. The average molecular weight is 382 g/mol. The molecular formula is C21H22N2O5. The molecule has 0 amide bonds. The molecule has 146 valence electrons. The van der Waals surface area contributed by atoms with Crippen molar-refractivity contribution < 1.29 is 24.1 Å². The highest BCUT2D eigenvalue weighted by Gasteiger charge is 2.69. The van der Waals surface area contributed by atoms with Gasteiger partial charge in [0, 0.05) is 36.2 Å². The molecule has 2 unspecified atom stereocenters. The van der Waals surface area contributed by atoms with Crippen molar-refractivity contribution >= 4 is 11.6 Å². The van der Waals surface area contributed by atoms with Gasteiger partial charge in [-0.1, -0.05) is 11.6 Å². The van der Waals surface area contributed by atoms with Crippen molar-refractivity contribution in [1.82, 2.24) is 4.90 Å². The summed E-state index contributed by atoms with van der Waals surface area (Å²) in [5.41, 5.74) is 3.10. The maximum absolute atomic E-state index is 9.47. The summed E-state index contributed by atoms with van der Waals surface area (Å²) in [4.78, 5) is 7.59. The lowest BCUT2D eigenvalue weighted by molar-refractivity contribution is -0.0155. The van der Waals surface area contributed by atoms with Crippen molar-refractivity contribution in [3.63, 3.8) is 0 Å². The van der Waals surface area contributed by atoms with E-state index in [1.165, 1.54) is 5.57 Å². The number of rotatable bonds is 2. The number of nitrogens with zero attached hydrogens (tertiary/aromatic N) is 2. The second-order valence-corrected chi connectivity index (χ2v) is 8.66. The Bertz CT molecular complexity index is 972. The van der Waals surface area contributed by atoms with E-state index < -0.39 is 0 Å². The quantitative estimate of drug-likeness (QED) is 0.786. The maximum Gasteiger partial charge on any atom is 0.231 e. The fourth-order valence-electron chi connectivity index (χ4n) is 6.92. The summed E-state index contributed by atoms with van der Waals surface area (Å²) < 4.78 is 23.6. The van der Waals surface area contributed by atoms with Crippen molar-refractivity contribution in [3.05, 3.63) is 23.3 Å². The largest absolute Gasteiger partial charge is 0.492 e. The number of methoxy groups -OCH3 is 1. The number of fused-ring (bicyclic) bond motifs is 3. The Morgan fingerprint density at radius 2 is 2.32 bits per heavy atom. The third-order valence-corrected chi connectivity index (χ3v) is 7.87. The van der Waals surface area contributed by atoms with Crippen LogP contribution < -0.4 is 14.2 Å². The van der Waals surface area contributed by atoms with Crippen LogP contribution in [0, 0.1) is 11.8 Å². The topological polar surface area (TPSA) is 72.8 Å². The first-order valence-electron chi connectivity index (χ1n) is 10.0. The van der Waals surface area contributed by atoms with Crippen LogP contribution in [0.3, 0.4) is 0 Å². The zero-order chi connectivity index (χ0) is 18.6. The molecule has 7 aliphatic rings. The number of hydrogen-bond donors (Lipinski definition) is 1. The average Bonchev–Trinajstić information content (AvgIpc) is 3.31. The third kappa shape index (κ3) is 1.56. The van der Waals surface area contributed by atoms with E-state index in [2.05, 4.69) is 4.90 Å². The molecule has 5 fully saturated rings. The SMILES string of the molecule is COc1c2c(cc3c1[C@]14C[C@H]5C(COC1=N3)[C@@H]1C[C@@H]4N5C/C1=C\CO)OCO2. The lowest BCUT2D eigenvalue weighted by Crippen LogP contribution is -2.61. The van der Waals surface area contributed by atoms with Crippen LogP contribution in [-0.2, 0) is 10.2 Å². The second kappa shape index (κ2) is 5.02. The van der Waals surface area contributed by atoms with Crippen molar-refractivity contribution in [2.24, 2.45) is 16.8 Å². The molecular weight excluding hydrogens is 360 g/mol. The highest BCUT2D eigenvalue weighted by Crippen LogP contribution is 2.66. The van der Waals surface area contributed by atoms with Crippen LogP contribution in [0.15, 0.2) is 22.7 Å². The first-order valence-corrected chi connectivity index (χ1v) is 10.0. The fraction of sp³-hybridized carbons (Fsp3) is 0.571. The summed E-state index contributed by atoms with van der Waals surface area (Å²) in [7, 11) is 1.70. The minimum absolute atomic E-state index is 0.112. The minimum atomic E-state index is -0.277. The normalized spacial score (nSPS) is 41.6. The van der Waals surface area contributed by atoms with Crippen molar-refractivity contribution in [1.29, 1.82) is 0 Å². The zero-order valence-electron chi connectivity index (χ0n) is 15.7. The number of benzene rings is 1. The van der Waals surface area contributed by atoms with Gasteiger partial charge in [-0.2, -0.15) is 0 Å². The van der Waals surface area contributed by atoms with Crippen LogP contribution in [0.1, 0.15) is 18.4 Å². The van der Waals surface area contributed by atoms with Crippen molar-refractivity contribution in [2.45, 2.75) is 30.3 Å². The van der Waals surface area contributed by atoms with Gasteiger partial charge in [-0.25, -0.2) is 4.99 Å². The minimum Gasteiger partial charge on any atom is -0.492 e. The van der Waals surface area contributed by atoms with Crippen LogP contribution in [0.5, 0.6) is 17.2 Å². The number of aliphatic imine (C=N–C) groups is 1. The van der Waals surface area contributed by atoms with Gasteiger partial charge in [0.25, 0.3) is 0 Å². The molecule has 5 saturated heterocycles. The van der Waals surface area contributed by atoms with Gasteiger partial charge < -0.3 is 24.1 Å². The fourth-order valence-corrected chi connectivity index (χ4v) is 6.92.